The lowest BCUT2D eigenvalue weighted by molar-refractivity contribution is 0.340. The molecule has 0 saturated heterocycles. The van der Waals surface area contributed by atoms with E-state index < -0.39 is 0 Å². The van der Waals surface area contributed by atoms with Crippen LogP contribution in [0.4, 0.5) is 10.3 Å². The average Bonchev–Trinajstić information content (AvgIpc) is 2.76. The van der Waals surface area contributed by atoms with Crippen LogP contribution in [-0.2, 0) is 0 Å². The van der Waals surface area contributed by atoms with E-state index in [9.17, 15) is 4.39 Å². The summed E-state index contributed by atoms with van der Waals surface area (Å²) in [5.74, 6) is 0.851. The largest absolute Gasteiger partial charge is 0.494 e. The van der Waals surface area contributed by atoms with Crippen LogP contribution in [0.3, 0.4) is 0 Å². The maximum absolute atomic E-state index is 13.6. The Balaban J connectivity index is 2.15. The number of nitrogens with zero attached hydrogens (tertiary/aromatic N) is 2. The molecule has 1 heterocycles. The van der Waals surface area contributed by atoms with Crippen molar-refractivity contribution in [3.8, 4) is 11.4 Å². The Labute approximate surface area is 122 Å². The van der Waals surface area contributed by atoms with Gasteiger partial charge in [0.2, 0.25) is 5.95 Å². The van der Waals surface area contributed by atoms with Gasteiger partial charge in [0.05, 0.1) is 17.6 Å². The molecule has 0 atom stereocenters. The van der Waals surface area contributed by atoms with Crippen LogP contribution < -0.4 is 10.5 Å². The quantitative estimate of drug-likeness (QED) is 0.802. The lowest BCUT2D eigenvalue weighted by atomic mass is 10.2. The molecule has 0 saturated carbocycles. The predicted octanol–water partition coefficient (Wildman–Crippen LogP) is 3.45. The second-order valence-corrected chi connectivity index (χ2v) is 4.82. The fraction of sp³-hybridized carbons (Fsp3) is 0.188. The van der Waals surface area contributed by atoms with Crippen molar-refractivity contribution in [2.45, 2.75) is 13.8 Å². The Bertz CT molecular complexity index is 793. The minimum absolute atomic E-state index is 0.279. The topological polar surface area (TPSA) is 53.1 Å². The molecule has 3 aromatic rings. The Morgan fingerprint density at radius 3 is 2.62 bits per heavy atom. The van der Waals surface area contributed by atoms with Crippen LogP contribution in [-0.4, -0.2) is 16.2 Å². The second-order valence-electron chi connectivity index (χ2n) is 4.82. The first-order valence-electron chi connectivity index (χ1n) is 6.77. The highest BCUT2D eigenvalue weighted by molar-refractivity contribution is 5.81. The van der Waals surface area contributed by atoms with Crippen molar-refractivity contribution in [1.29, 1.82) is 0 Å². The molecule has 0 aliphatic carbocycles. The van der Waals surface area contributed by atoms with Gasteiger partial charge in [0, 0.05) is 11.8 Å². The number of rotatable bonds is 3. The van der Waals surface area contributed by atoms with Gasteiger partial charge in [-0.25, -0.2) is 9.37 Å². The molecule has 0 fully saturated rings. The van der Waals surface area contributed by atoms with Crippen molar-refractivity contribution in [3.63, 3.8) is 0 Å². The molecule has 0 spiro atoms. The molecule has 0 bridgehead atoms. The van der Waals surface area contributed by atoms with Crippen LogP contribution in [0.15, 0.2) is 36.4 Å². The smallest absolute Gasteiger partial charge is 0.205 e. The number of aryl methyl sites for hydroxylation is 1. The van der Waals surface area contributed by atoms with Gasteiger partial charge in [0.1, 0.15) is 11.6 Å². The first-order chi connectivity index (χ1) is 10.1. The second kappa shape index (κ2) is 5.09. The molecule has 3 rings (SSSR count). The molecule has 2 aromatic carbocycles. The van der Waals surface area contributed by atoms with E-state index in [-0.39, 0.29) is 5.82 Å². The molecule has 21 heavy (non-hydrogen) atoms. The van der Waals surface area contributed by atoms with Gasteiger partial charge in [-0.05, 0) is 49.7 Å². The number of nitrogen functional groups attached to an aromatic ring is 1. The molecule has 4 nitrogen and oxygen atoms in total. The highest BCUT2D eigenvalue weighted by Crippen LogP contribution is 2.26. The van der Waals surface area contributed by atoms with Crippen molar-refractivity contribution < 1.29 is 9.13 Å². The zero-order chi connectivity index (χ0) is 15.0. The van der Waals surface area contributed by atoms with E-state index in [0.29, 0.717) is 23.6 Å². The summed E-state index contributed by atoms with van der Waals surface area (Å²) in [6.07, 6.45) is 0. The van der Waals surface area contributed by atoms with Gasteiger partial charge < -0.3 is 10.5 Å². The zero-order valence-corrected chi connectivity index (χ0v) is 11.9. The summed E-state index contributed by atoms with van der Waals surface area (Å²) >= 11 is 0. The van der Waals surface area contributed by atoms with Crippen molar-refractivity contribution in [2.75, 3.05) is 12.3 Å². The first kappa shape index (κ1) is 13.4. The number of nitrogens with two attached hydrogens (primary N) is 1. The number of anilines is 1. The molecule has 2 N–H and O–H groups in total. The molecule has 0 aliphatic rings. The standard InChI is InChI=1S/C16H16FN3O/c1-3-21-12-6-4-11(5-7-12)20-15-8-10(2)13(17)9-14(15)19-16(20)18/h4-9H,3H2,1-2H3,(H2,18,19). The number of hydrogen-bond acceptors (Lipinski definition) is 3. The maximum Gasteiger partial charge on any atom is 0.205 e. The third-order valence-electron chi connectivity index (χ3n) is 3.37. The summed E-state index contributed by atoms with van der Waals surface area (Å²) in [4.78, 5) is 4.22. The van der Waals surface area contributed by atoms with Gasteiger partial charge in [-0.2, -0.15) is 0 Å². The molecule has 0 radical (unpaired) electrons. The minimum atomic E-state index is -0.279. The lowest BCUT2D eigenvalue weighted by Gasteiger charge is -2.09. The lowest BCUT2D eigenvalue weighted by Crippen LogP contribution is -2.01. The molecule has 0 amide bonds. The molecule has 1 aromatic heterocycles. The van der Waals surface area contributed by atoms with Gasteiger partial charge in [-0.15, -0.1) is 0 Å². The number of benzene rings is 2. The maximum atomic E-state index is 13.6. The number of fused-ring (bicyclic) bond motifs is 1. The zero-order valence-electron chi connectivity index (χ0n) is 11.9. The van der Waals surface area contributed by atoms with Crippen LogP contribution in [0.2, 0.25) is 0 Å². The number of ether oxygens (including phenoxy) is 1. The Kier molecular flexibility index (Phi) is 3.25. The van der Waals surface area contributed by atoms with E-state index >= 15 is 0 Å². The van der Waals surface area contributed by atoms with Gasteiger partial charge in [0.15, 0.2) is 0 Å². The normalized spacial score (nSPS) is 11.0. The molecular formula is C16H16FN3O. The first-order valence-corrected chi connectivity index (χ1v) is 6.77. The highest BCUT2D eigenvalue weighted by atomic mass is 19.1. The fourth-order valence-corrected chi connectivity index (χ4v) is 2.35. The van der Waals surface area contributed by atoms with Gasteiger partial charge in [-0.3, -0.25) is 4.57 Å². The van der Waals surface area contributed by atoms with Gasteiger partial charge >= 0.3 is 0 Å². The van der Waals surface area contributed by atoms with Crippen LogP contribution in [0, 0.1) is 12.7 Å². The molecule has 5 heteroatoms. The molecular weight excluding hydrogens is 269 g/mol. The summed E-state index contributed by atoms with van der Waals surface area (Å²) in [7, 11) is 0. The molecule has 0 aliphatic heterocycles. The van der Waals surface area contributed by atoms with Crippen LogP contribution in [0.25, 0.3) is 16.7 Å². The summed E-state index contributed by atoms with van der Waals surface area (Å²) in [5.41, 5.74) is 8.74. The van der Waals surface area contributed by atoms with E-state index in [1.807, 2.05) is 31.2 Å². The Hall–Kier alpha value is -2.56. The van der Waals surface area contributed by atoms with E-state index in [1.165, 1.54) is 6.07 Å². The fourth-order valence-electron chi connectivity index (χ4n) is 2.35. The van der Waals surface area contributed by atoms with E-state index in [2.05, 4.69) is 4.98 Å². The summed E-state index contributed by atoms with van der Waals surface area (Å²) < 4.78 is 20.9. The van der Waals surface area contributed by atoms with E-state index in [4.69, 9.17) is 10.5 Å². The Morgan fingerprint density at radius 1 is 1.24 bits per heavy atom. The predicted molar refractivity (Wildman–Crippen MR) is 81.3 cm³/mol. The highest BCUT2D eigenvalue weighted by Gasteiger charge is 2.12. The van der Waals surface area contributed by atoms with E-state index in [0.717, 1.165) is 17.0 Å². The Morgan fingerprint density at radius 2 is 1.95 bits per heavy atom. The van der Waals surface area contributed by atoms with Gasteiger partial charge in [0.25, 0.3) is 0 Å². The number of aromatic nitrogens is 2. The van der Waals surface area contributed by atoms with Crippen LogP contribution in [0.5, 0.6) is 5.75 Å². The summed E-state index contributed by atoms with van der Waals surface area (Å²) in [6, 6.07) is 10.7. The average molecular weight is 285 g/mol. The summed E-state index contributed by atoms with van der Waals surface area (Å²) in [6.45, 7) is 4.28. The van der Waals surface area contributed by atoms with E-state index in [1.54, 1.807) is 17.6 Å². The van der Waals surface area contributed by atoms with Crippen molar-refractivity contribution in [3.05, 3.63) is 47.8 Å². The minimum Gasteiger partial charge on any atom is -0.494 e. The number of hydrogen-bond donors (Lipinski definition) is 1. The van der Waals surface area contributed by atoms with Crippen LogP contribution in [0.1, 0.15) is 12.5 Å². The van der Waals surface area contributed by atoms with Crippen molar-refractivity contribution in [1.82, 2.24) is 9.55 Å². The summed E-state index contributed by atoms with van der Waals surface area (Å²) in [5, 5.41) is 0. The van der Waals surface area contributed by atoms with Crippen molar-refractivity contribution >= 4 is 17.0 Å². The molecule has 108 valence electrons. The number of imidazole rings is 1. The third-order valence-corrected chi connectivity index (χ3v) is 3.37. The number of halogens is 1. The van der Waals surface area contributed by atoms with Crippen LogP contribution >= 0.6 is 0 Å². The SMILES string of the molecule is CCOc1ccc(-n2c(N)nc3cc(F)c(C)cc32)cc1. The van der Waals surface area contributed by atoms with Gasteiger partial charge in [-0.1, -0.05) is 0 Å². The third kappa shape index (κ3) is 2.31. The molecule has 0 unspecified atom stereocenters. The monoisotopic (exact) mass is 285 g/mol. The van der Waals surface area contributed by atoms with Crippen molar-refractivity contribution in [2.24, 2.45) is 0 Å².